The van der Waals surface area contributed by atoms with Crippen LogP contribution in [0.4, 0.5) is 0 Å². The fraction of sp³-hybridized carbons (Fsp3) is 0.292. The zero-order chi connectivity index (χ0) is 23.7. The first-order valence-corrected chi connectivity index (χ1v) is 13.1. The summed E-state index contributed by atoms with van der Waals surface area (Å²) in [6.45, 7) is 7.03. The van der Waals surface area contributed by atoms with E-state index in [-0.39, 0.29) is 12.9 Å². The standard InChI is InChI=1S/C24H23ClN4O3S2/c1-4-29-22(15(3)32-18-6-7-19(25)14(2)9-18)27-28-24(29)34-12-17-11-33-23(26-17)16-5-8-20-21(10-16)31-13-30-20/h5-11,15H,4,12-13H2,1-3H3. The van der Waals surface area contributed by atoms with Crippen molar-refractivity contribution in [3.05, 3.63) is 63.9 Å². The number of thioether (sulfide) groups is 1. The molecular formula is C24H23ClN4O3S2. The van der Waals surface area contributed by atoms with Crippen LogP contribution in [0.25, 0.3) is 10.6 Å². The van der Waals surface area contributed by atoms with Crippen LogP contribution in [0.15, 0.2) is 46.9 Å². The molecule has 1 aliphatic heterocycles. The molecule has 0 saturated carbocycles. The smallest absolute Gasteiger partial charge is 0.231 e. The predicted octanol–water partition coefficient (Wildman–Crippen LogP) is 6.54. The van der Waals surface area contributed by atoms with Crippen LogP contribution < -0.4 is 14.2 Å². The molecule has 3 heterocycles. The zero-order valence-corrected chi connectivity index (χ0v) is 21.3. The minimum Gasteiger partial charge on any atom is -0.483 e. The van der Waals surface area contributed by atoms with Crippen LogP contribution in [0.3, 0.4) is 0 Å². The van der Waals surface area contributed by atoms with E-state index in [0.717, 1.165) is 61.6 Å². The van der Waals surface area contributed by atoms with Crippen molar-refractivity contribution in [2.24, 2.45) is 0 Å². The number of nitrogens with zero attached hydrogens (tertiary/aromatic N) is 4. The van der Waals surface area contributed by atoms with E-state index in [0.29, 0.717) is 5.75 Å². The van der Waals surface area contributed by atoms with Crippen molar-refractivity contribution in [3.8, 4) is 27.8 Å². The van der Waals surface area contributed by atoms with E-state index in [1.807, 2.05) is 50.2 Å². The molecule has 0 saturated heterocycles. The molecule has 2 aromatic heterocycles. The van der Waals surface area contributed by atoms with E-state index >= 15 is 0 Å². The van der Waals surface area contributed by atoms with Crippen molar-refractivity contribution in [2.45, 2.75) is 44.3 Å². The Kier molecular flexibility index (Phi) is 6.67. The lowest BCUT2D eigenvalue weighted by Crippen LogP contribution is -2.12. The number of halogens is 1. The van der Waals surface area contributed by atoms with Gasteiger partial charge in [0.1, 0.15) is 10.8 Å². The Morgan fingerprint density at radius 1 is 1.18 bits per heavy atom. The molecular weight excluding hydrogens is 492 g/mol. The third-order valence-corrected chi connectivity index (χ3v) is 7.75. The molecule has 0 aliphatic carbocycles. The van der Waals surface area contributed by atoms with Crippen LogP contribution in [0.2, 0.25) is 5.02 Å². The molecule has 0 radical (unpaired) electrons. The molecule has 2 aromatic carbocycles. The van der Waals surface area contributed by atoms with Gasteiger partial charge in [0.25, 0.3) is 0 Å². The van der Waals surface area contributed by atoms with Gasteiger partial charge in [-0.3, -0.25) is 0 Å². The number of rotatable bonds is 8. The van der Waals surface area contributed by atoms with Gasteiger partial charge in [-0.25, -0.2) is 4.98 Å². The van der Waals surface area contributed by atoms with Crippen LogP contribution in [0, 0.1) is 6.92 Å². The Hall–Kier alpha value is -2.75. The lowest BCUT2D eigenvalue weighted by Gasteiger charge is -2.16. The SMILES string of the molecule is CCn1c(SCc2csc(-c3ccc4c(c3)OCO4)n2)nnc1C(C)Oc1ccc(Cl)c(C)c1. The molecule has 4 aromatic rings. The van der Waals surface area contributed by atoms with Crippen molar-refractivity contribution < 1.29 is 14.2 Å². The number of ether oxygens (including phenoxy) is 3. The molecule has 176 valence electrons. The third-order valence-electron chi connectivity index (χ3n) is 5.39. The van der Waals surface area contributed by atoms with Gasteiger partial charge in [-0.1, -0.05) is 23.4 Å². The molecule has 0 fully saturated rings. The number of aromatic nitrogens is 4. The van der Waals surface area contributed by atoms with Crippen LogP contribution >= 0.6 is 34.7 Å². The second kappa shape index (κ2) is 9.85. The van der Waals surface area contributed by atoms with Gasteiger partial charge in [-0.15, -0.1) is 21.5 Å². The van der Waals surface area contributed by atoms with Gasteiger partial charge in [0.05, 0.1) is 5.69 Å². The van der Waals surface area contributed by atoms with Crippen molar-refractivity contribution in [3.63, 3.8) is 0 Å². The average Bonchev–Trinajstić information content (AvgIpc) is 3.58. The normalized spacial score (nSPS) is 13.3. The summed E-state index contributed by atoms with van der Waals surface area (Å²) in [6, 6.07) is 11.5. The van der Waals surface area contributed by atoms with E-state index in [2.05, 4.69) is 27.1 Å². The highest BCUT2D eigenvalue weighted by atomic mass is 35.5. The molecule has 1 unspecified atom stereocenters. The molecule has 0 bridgehead atoms. The van der Waals surface area contributed by atoms with Crippen LogP contribution in [-0.2, 0) is 12.3 Å². The zero-order valence-electron chi connectivity index (χ0n) is 18.9. The molecule has 34 heavy (non-hydrogen) atoms. The van der Waals surface area contributed by atoms with E-state index in [4.69, 9.17) is 30.8 Å². The molecule has 1 aliphatic rings. The van der Waals surface area contributed by atoms with Crippen molar-refractivity contribution in [1.29, 1.82) is 0 Å². The highest BCUT2D eigenvalue weighted by Gasteiger charge is 2.20. The number of thiazole rings is 1. The molecule has 7 nitrogen and oxygen atoms in total. The Morgan fingerprint density at radius 3 is 2.85 bits per heavy atom. The van der Waals surface area contributed by atoms with Gasteiger partial charge in [0, 0.05) is 28.3 Å². The maximum atomic E-state index is 6.13. The minimum absolute atomic E-state index is 0.251. The maximum Gasteiger partial charge on any atom is 0.231 e. The highest BCUT2D eigenvalue weighted by molar-refractivity contribution is 7.98. The second-order valence-electron chi connectivity index (χ2n) is 7.76. The molecule has 10 heteroatoms. The Bertz CT molecular complexity index is 1320. The number of hydrogen-bond acceptors (Lipinski definition) is 8. The van der Waals surface area contributed by atoms with Gasteiger partial charge >= 0.3 is 0 Å². The lowest BCUT2D eigenvalue weighted by molar-refractivity contribution is 0.174. The summed E-state index contributed by atoms with van der Waals surface area (Å²) < 4.78 is 19.1. The summed E-state index contributed by atoms with van der Waals surface area (Å²) in [5.41, 5.74) is 2.99. The molecule has 1 atom stereocenters. The van der Waals surface area contributed by atoms with Gasteiger partial charge in [0.15, 0.2) is 28.6 Å². The van der Waals surface area contributed by atoms with Crippen LogP contribution in [0.1, 0.15) is 37.0 Å². The summed E-state index contributed by atoms with van der Waals surface area (Å²) in [7, 11) is 0. The quantitative estimate of drug-likeness (QED) is 0.247. The van der Waals surface area contributed by atoms with Gasteiger partial charge in [-0.2, -0.15) is 0 Å². The molecule has 0 spiro atoms. The third kappa shape index (κ3) is 4.73. The van der Waals surface area contributed by atoms with E-state index in [9.17, 15) is 0 Å². The van der Waals surface area contributed by atoms with E-state index in [1.165, 1.54) is 0 Å². The van der Waals surface area contributed by atoms with Gasteiger partial charge < -0.3 is 18.8 Å². The van der Waals surface area contributed by atoms with Gasteiger partial charge in [0.2, 0.25) is 6.79 Å². The molecule has 0 amide bonds. The lowest BCUT2D eigenvalue weighted by atomic mass is 10.2. The maximum absolute atomic E-state index is 6.13. The Balaban J connectivity index is 1.26. The van der Waals surface area contributed by atoms with Crippen LogP contribution in [0.5, 0.6) is 17.2 Å². The fourth-order valence-electron chi connectivity index (χ4n) is 3.63. The summed E-state index contributed by atoms with van der Waals surface area (Å²) in [6.07, 6.45) is -0.251. The Morgan fingerprint density at radius 2 is 2.03 bits per heavy atom. The first-order chi connectivity index (χ1) is 16.5. The van der Waals surface area contributed by atoms with Gasteiger partial charge in [-0.05, 0) is 62.7 Å². The minimum atomic E-state index is -0.251. The summed E-state index contributed by atoms with van der Waals surface area (Å²) in [5, 5.41) is 13.4. The van der Waals surface area contributed by atoms with Crippen molar-refractivity contribution in [2.75, 3.05) is 6.79 Å². The topological polar surface area (TPSA) is 71.3 Å². The van der Waals surface area contributed by atoms with E-state index in [1.54, 1.807) is 23.1 Å². The highest BCUT2D eigenvalue weighted by Crippen LogP contribution is 2.37. The molecule has 0 N–H and O–H groups in total. The first kappa shape index (κ1) is 23.0. The number of hydrogen-bond donors (Lipinski definition) is 0. The van der Waals surface area contributed by atoms with Crippen molar-refractivity contribution in [1.82, 2.24) is 19.7 Å². The monoisotopic (exact) mass is 514 g/mol. The predicted molar refractivity (Wildman–Crippen MR) is 134 cm³/mol. The fourth-order valence-corrected chi connectivity index (χ4v) is 5.57. The summed E-state index contributed by atoms with van der Waals surface area (Å²) in [4.78, 5) is 4.80. The summed E-state index contributed by atoms with van der Waals surface area (Å²) >= 11 is 9.36. The largest absolute Gasteiger partial charge is 0.483 e. The van der Waals surface area contributed by atoms with Crippen molar-refractivity contribution >= 4 is 34.7 Å². The number of aryl methyl sites for hydroxylation is 1. The second-order valence-corrected chi connectivity index (χ2v) is 9.96. The number of fused-ring (bicyclic) bond motifs is 1. The number of benzene rings is 2. The first-order valence-electron chi connectivity index (χ1n) is 10.8. The average molecular weight is 515 g/mol. The molecule has 5 rings (SSSR count). The van der Waals surface area contributed by atoms with Crippen LogP contribution in [-0.4, -0.2) is 26.5 Å². The van der Waals surface area contributed by atoms with E-state index < -0.39 is 0 Å². The summed E-state index contributed by atoms with van der Waals surface area (Å²) in [5.74, 6) is 3.78. The Labute approximate surface area is 211 Å².